The van der Waals surface area contributed by atoms with Gasteiger partial charge in [0.15, 0.2) is 0 Å². The summed E-state index contributed by atoms with van der Waals surface area (Å²) in [4.78, 5) is 26.0. The predicted octanol–water partition coefficient (Wildman–Crippen LogP) is 1.81. The zero-order valence-corrected chi connectivity index (χ0v) is 13.9. The lowest BCUT2D eigenvalue weighted by Gasteiger charge is -2.16. The standard InChI is InChI=1S/C16H26N4O2/c1-5-12(4)18-16(22)13-6-15(21)20(9-13)14-7-17-19(10-14)8-11(2)3/h7,10-13H,5-6,8-9H2,1-4H3,(H,18,22)/t12-,13-/m1/s1. The first-order valence-electron chi connectivity index (χ1n) is 8.03. The van der Waals surface area contributed by atoms with Crippen molar-refractivity contribution in [2.45, 2.75) is 53.1 Å². The molecule has 122 valence electrons. The van der Waals surface area contributed by atoms with E-state index in [4.69, 9.17) is 0 Å². The average molecular weight is 306 g/mol. The zero-order valence-electron chi connectivity index (χ0n) is 13.9. The Morgan fingerprint density at radius 2 is 2.18 bits per heavy atom. The van der Waals surface area contributed by atoms with Gasteiger partial charge in [-0.1, -0.05) is 20.8 Å². The van der Waals surface area contributed by atoms with Crippen LogP contribution >= 0.6 is 0 Å². The summed E-state index contributed by atoms with van der Waals surface area (Å²) in [5, 5.41) is 7.25. The smallest absolute Gasteiger partial charge is 0.227 e. The summed E-state index contributed by atoms with van der Waals surface area (Å²) < 4.78 is 1.85. The first-order chi connectivity index (χ1) is 10.4. The van der Waals surface area contributed by atoms with E-state index in [0.717, 1.165) is 18.7 Å². The number of rotatable bonds is 6. The number of hydrogen-bond donors (Lipinski definition) is 1. The normalized spacial score (nSPS) is 19.8. The van der Waals surface area contributed by atoms with Crippen LogP contribution < -0.4 is 10.2 Å². The van der Waals surface area contributed by atoms with E-state index in [2.05, 4.69) is 24.3 Å². The molecule has 1 aliphatic rings. The van der Waals surface area contributed by atoms with Crippen molar-refractivity contribution in [1.29, 1.82) is 0 Å². The molecule has 6 heteroatoms. The Morgan fingerprint density at radius 1 is 1.45 bits per heavy atom. The summed E-state index contributed by atoms with van der Waals surface area (Å²) in [6, 6.07) is 0.144. The van der Waals surface area contributed by atoms with Crippen LogP contribution in [0, 0.1) is 11.8 Å². The lowest BCUT2D eigenvalue weighted by molar-refractivity contribution is -0.126. The minimum absolute atomic E-state index is 0.00611. The van der Waals surface area contributed by atoms with Crippen molar-refractivity contribution in [2.75, 3.05) is 11.4 Å². The van der Waals surface area contributed by atoms with Crippen molar-refractivity contribution in [3.8, 4) is 0 Å². The van der Waals surface area contributed by atoms with Crippen molar-refractivity contribution in [3.63, 3.8) is 0 Å². The van der Waals surface area contributed by atoms with Crippen LogP contribution in [-0.4, -0.2) is 34.2 Å². The van der Waals surface area contributed by atoms with Gasteiger partial charge < -0.3 is 10.2 Å². The third kappa shape index (κ3) is 3.87. The molecule has 2 atom stereocenters. The van der Waals surface area contributed by atoms with E-state index in [1.807, 2.05) is 24.7 Å². The summed E-state index contributed by atoms with van der Waals surface area (Å²) in [7, 11) is 0. The molecule has 1 aliphatic heterocycles. The van der Waals surface area contributed by atoms with E-state index in [1.165, 1.54) is 0 Å². The molecule has 1 saturated heterocycles. The topological polar surface area (TPSA) is 67.2 Å². The molecule has 1 aromatic rings. The molecule has 2 amide bonds. The first-order valence-corrected chi connectivity index (χ1v) is 8.03. The van der Waals surface area contributed by atoms with Gasteiger partial charge in [-0.15, -0.1) is 0 Å². The SMILES string of the molecule is CC[C@@H](C)NC(=O)[C@@H]1CC(=O)N(c2cnn(CC(C)C)c2)C1. The molecule has 0 aliphatic carbocycles. The largest absolute Gasteiger partial charge is 0.353 e. The van der Waals surface area contributed by atoms with Crippen LogP contribution in [0.1, 0.15) is 40.5 Å². The van der Waals surface area contributed by atoms with Gasteiger partial charge in [0.25, 0.3) is 0 Å². The fourth-order valence-electron chi connectivity index (χ4n) is 2.56. The van der Waals surface area contributed by atoms with Crippen molar-refractivity contribution in [3.05, 3.63) is 12.4 Å². The number of nitrogens with zero attached hydrogens (tertiary/aromatic N) is 3. The van der Waals surface area contributed by atoms with Gasteiger partial charge in [0.1, 0.15) is 0 Å². The lowest BCUT2D eigenvalue weighted by atomic mass is 10.1. The molecular weight excluding hydrogens is 280 g/mol. The van der Waals surface area contributed by atoms with Gasteiger partial charge in [-0.25, -0.2) is 0 Å². The molecule has 1 aromatic heterocycles. The molecule has 6 nitrogen and oxygen atoms in total. The highest BCUT2D eigenvalue weighted by Crippen LogP contribution is 2.25. The van der Waals surface area contributed by atoms with Crippen LogP contribution in [0.2, 0.25) is 0 Å². The van der Waals surface area contributed by atoms with Gasteiger partial charge in [0.2, 0.25) is 11.8 Å². The highest BCUT2D eigenvalue weighted by molar-refractivity contribution is 6.00. The maximum Gasteiger partial charge on any atom is 0.227 e. The van der Waals surface area contributed by atoms with Crippen molar-refractivity contribution in [2.24, 2.45) is 11.8 Å². The molecule has 2 heterocycles. The van der Waals surface area contributed by atoms with Gasteiger partial charge in [-0.3, -0.25) is 14.3 Å². The van der Waals surface area contributed by atoms with Crippen LogP contribution in [0.3, 0.4) is 0 Å². The highest BCUT2D eigenvalue weighted by atomic mass is 16.2. The minimum Gasteiger partial charge on any atom is -0.353 e. The average Bonchev–Trinajstić information content (AvgIpc) is 3.04. The van der Waals surface area contributed by atoms with Gasteiger partial charge in [-0.05, 0) is 19.3 Å². The van der Waals surface area contributed by atoms with E-state index in [9.17, 15) is 9.59 Å². The number of anilines is 1. The maximum absolute atomic E-state index is 12.2. The molecule has 1 N–H and O–H groups in total. The number of amides is 2. The summed E-state index contributed by atoms with van der Waals surface area (Å²) in [5.74, 6) is 0.194. The van der Waals surface area contributed by atoms with Gasteiger partial charge in [0.05, 0.1) is 17.8 Å². The molecule has 2 rings (SSSR count). The minimum atomic E-state index is -0.269. The second-order valence-electron chi connectivity index (χ2n) is 6.54. The molecule has 22 heavy (non-hydrogen) atoms. The molecule has 0 saturated carbocycles. The lowest BCUT2D eigenvalue weighted by Crippen LogP contribution is -2.38. The number of hydrogen-bond acceptors (Lipinski definition) is 3. The van der Waals surface area contributed by atoms with E-state index in [0.29, 0.717) is 12.5 Å². The summed E-state index contributed by atoms with van der Waals surface area (Å²) in [6.45, 7) is 9.51. The predicted molar refractivity (Wildman–Crippen MR) is 85.4 cm³/mol. The molecular formula is C16H26N4O2. The number of carbonyl (C=O) groups excluding carboxylic acids is 2. The molecule has 0 unspecified atom stereocenters. The summed E-state index contributed by atoms with van der Waals surface area (Å²) in [6.07, 6.45) is 4.75. The van der Waals surface area contributed by atoms with Crippen molar-refractivity contribution < 1.29 is 9.59 Å². The molecule has 0 bridgehead atoms. The van der Waals surface area contributed by atoms with Crippen LogP contribution in [0.5, 0.6) is 0 Å². The monoisotopic (exact) mass is 306 g/mol. The molecule has 1 fully saturated rings. The van der Waals surface area contributed by atoms with Crippen LogP contribution in [0.4, 0.5) is 5.69 Å². The van der Waals surface area contributed by atoms with E-state index in [1.54, 1.807) is 11.1 Å². The Morgan fingerprint density at radius 3 is 2.82 bits per heavy atom. The molecule has 0 radical (unpaired) electrons. The fourth-order valence-corrected chi connectivity index (χ4v) is 2.56. The van der Waals surface area contributed by atoms with Gasteiger partial charge in [0, 0.05) is 31.7 Å². The van der Waals surface area contributed by atoms with Crippen molar-refractivity contribution >= 4 is 17.5 Å². The van der Waals surface area contributed by atoms with Crippen LogP contribution in [-0.2, 0) is 16.1 Å². The van der Waals surface area contributed by atoms with Crippen LogP contribution in [0.15, 0.2) is 12.4 Å². The number of aromatic nitrogens is 2. The fraction of sp³-hybridized carbons (Fsp3) is 0.688. The Balaban J connectivity index is 2.00. The van der Waals surface area contributed by atoms with Gasteiger partial charge >= 0.3 is 0 Å². The molecule has 0 aromatic carbocycles. The van der Waals surface area contributed by atoms with E-state index >= 15 is 0 Å². The Hall–Kier alpha value is -1.85. The third-order valence-corrected chi connectivity index (χ3v) is 3.98. The molecule has 0 spiro atoms. The number of carbonyl (C=O) groups is 2. The first kappa shape index (κ1) is 16.5. The quantitative estimate of drug-likeness (QED) is 0.871. The van der Waals surface area contributed by atoms with Gasteiger partial charge in [-0.2, -0.15) is 5.10 Å². The Bertz CT molecular complexity index is 538. The van der Waals surface area contributed by atoms with E-state index < -0.39 is 0 Å². The van der Waals surface area contributed by atoms with E-state index in [-0.39, 0.29) is 30.2 Å². The second kappa shape index (κ2) is 6.94. The number of nitrogens with one attached hydrogen (secondary N) is 1. The summed E-state index contributed by atoms with van der Waals surface area (Å²) in [5.41, 5.74) is 0.782. The maximum atomic E-state index is 12.2. The second-order valence-corrected chi connectivity index (χ2v) is 6.54. The van der Waals surface area contributed by atoms with Crippen LogP contribution in [0.25, 0.3) is 0 Å². The highest BCUT2D eigenvalue weighted by Gasteiger charge is 2.35. The zero-order chi connectivity index (χ0) is 16.3. The Kier molecular flexibility index (Phi) is 5.21. The Labute approximate surface area is 131 Å². The summed E-state index contributed by atoms with van der Waals surface area (Å²) >= 11 is 0. The third-order valence-electron chi connectivity index (χ3n) is 3.98. The van der Waals surface area contributed by atoms with Crippen molar-refractivity contribution in [1.82, 2.24) is 15.1 Å².